The Bertz CT molecular complexity index is 682. The summed E-state index contributed by atoms with van der Waals surface area (Å²) in [7, 11) is 0. The lowest BCUT2D eigenvalue weighted by Crippen LogP contribution is -2.20. The zero-order chi connectivity index (χ0) is 14.7. The third kappa shape index (κ3) is 3.16. The molecule has 2 aromatic rings. The molecule has 0 bridgehead atoms. The molecule has 0 radical (unpaired) electrons. The first-order valence-corrected chi connectivity index (χ1v) is 7.76. The van der Waals surface area contributed by atoms with Crippen LogP contribution in [0.3, 0.4) is 0 Å². The summed E-state index contributed by atoms with van der Waals surface area (Å²) in [5, 5.41) is 4.63. The second-order valence-electron chi connectivity index (χ2n) is 4.94. The fourth-order valence-corrected chi connectivity index (χ4v) is 3.70. The van der Waals surface area contributed by atoms with Crippen LogP contribution < -0.4 is 5.43 Å². The summed E-state index contributed by atoms with van der Waals surface area (Å²) in [6.07, 6.45) is 0.811. The van der Waals surface area contributed by atoms with Crippen LogP contribution in [0.25, 0.3) is 0 Å². The van der Waals surface area contributed by atoms with Gasteiger partial charge >= 0.3 is 0 Å². The van der Waals surface area contributed by atoms with Crippen LogP contribution in [0.2, 0.25) is 0 Å². The van der Waals surface area contributed by atoms with Crippen LogP contribution in [0.5, 0.6) is 0 Å². The number of nitrogens with zero attached hydrogens (tertiary/aromatic N) is 1. The van der Waals surface area contributed by atoms with Gasteiger partial charge in [-0.05, 0) is 11.6 Å². The second kappa shape index (κ2) is 6.14. The van der Waals surface area contributed by atoms with Gasteiger partial charge in [-0.2, -0.15) is 5.10 Å². The number of hydrogen-bond donors (Lipinski definition) is 1. The van der Waals surface area contributed by atoms with E-state index in [9.17, 15) is 4.79 Å². The van der Waals surface area contributed by atoms with Gasteiger partial charge in [0.15, 0.2) is 0 Å². The normalized spacial score (nSPS) is 19.1. The molecule has 0 aliphatic carbocycles. The molecule has 21 heavy (non-hydrogen) atoms. The minimum Gasteiger partial charge on any atom is -0.274 e. The SMILES string of the molecule is CC(=O)N/N=C1/CC(c2ccccc2)Sc2ccccc21. The molecule has 106 valence electrons. The van der Waals surface area contributed by atoms with Gasteiger partial charge < -0.3 is 0 Å². The summed E-state index contributed by atoms with van der Waals surface area (Å²) in [6.45, 7) is 1.47. The number of fused-ring (bicyclic) bond motifs is 1. The van der Waals surface area contributed by atoms with E-state index in [0.717, 1.165) is 17.7 Å². The number of carbonyl (C=O) groups is 1. The predicted octanol–water partition coefficient (Wildman–Crippen LogP) is 3.76. The Morgan fingerprint density at radius 3 is 2.62 bits per heavy atom. The van der Waals surface area contributed by atoms with Crippen LogP contribution in [0.15, 0.2) is 64.6 Å². The van der Waals surface area contributed by atoms with Crippen molar-refractivity contribution < 1.29 is 4.79 Å². The molecule has 1 aliphatic rings. The molecule has 0 saturated heterocycles. The molecular formula is C17H16N2OS. The van der Waals surface area contributed by atoms with Crippen molar-refractivity contribution in [2.24, 2.45) is 5.10 Å². The Balaban J connectivity index is 1.96. The molecule has 0 fully saturated rings. The molecule has 1 aliphatic heterocycles. The molecule has 4 heteroatoms. The topological polar surface area (TPSA) is 41.5 Å². The maximum Gasteiger partial charge on any atom is 0.236 e. The number of hydrazone groups is 1. The van der Waals surface area contributed by atoms with E-state index in [1.165, 1.54) is 17.4 Å². The van der Waals surface area contributed by atoms with E-state index in [0.29, 0.717) is 5.25 Å². The monoisotopic (exact) mass is 296 g/mol. The number of benzene rings is 2. The molecule has 0 spiro atoms. The van der Waals surface area contributed by atoms with E-state index in [2.05, 4.69) is 46.9 Å². The van der Waals surface area contributed by atoms with Crippen LogP contribution in [-0.2, 0) is 4.79 Å². The Morgan fingerprint density at radius 1 is 1.14 bits per heavy atom. The number of rotatable bonds is 2. The van der Waals surface area contributed by atoms with E-state index < -0.39 is 0 Å². The van der Waals surface area contributed by atoms with E-state index in [4.69, 9.17) is 0 Å². The average molecular weight is 296 g/mol. The molecule has 0 saturated carbocycles. The Morgan fingerprint density at radius 2 is 1.86 bits per heavy atom. The highest BCUT2D eigenvalue weighted by Gasteiger charge is 2.25. The highest BCUT2D eigenvalue weighted by molar-refractivity contribution is 7.99. The number of thioether (sulfide) groups is 1. The van der Waals surface area contributed by atoms with Crippen molar-refractivity contribution in [2.45, 2.75) is 23.5 Å². The summed E-state index contributed by atoms with van der Waals surface area (Å²) >= 11 is 1.85. The van der Waals surface area contributed by atoms with Crippen LogP contribution >= 0.6 is 11.8 Å². The first-order valence-electron chi connectivity index (χ1n) is 6.88. The Kier molecular flexibility index (Phi) is 4.06. The van der Waals surface area contributed by atoms with E-state index in [1.807, 2.05) is 30.0 Å². The maximum absolute atomic E-state index is 11.1. The summed E-state index contributed by atoms with van der Waals surface area (Å²) < 4.78 is 0. The number of carbonyl (C=O) groups excluding carboxylic acids is 1. The van der Waals surface area contributed by atoms with Crippen molar-refractivity contribution in [2.75, 3.05) is 0 Å². The standard InChI is InChI=1S/C17H16N2OS/c1-12(20)18-19-15-11-17(13-7-3-2-4-8-13)21-16-10-6-5-9-14(15)16/h2-10,17H,11H2,1H3,(H,18,20)/b19-15-. The van der Waals surface area contributed by atoms with Gasteiger partial charge in [-0.15, -0.1) is 11.8 Å². The molecule has 2 aromatic carbocycles. The molecule has 1 atom stereocenters. The zero-order valence-corrected chi connectivity index (χ0v) is 12.6. The first kappa shape index (κ1) is 13.9. The van der Waals surface area contributed by atoms with Crippen LogP contribution in [-0.4, -0.2) is 11.6 Å². The van der Waals surface area contributed by atoms with Crippen molar-refractivity contribution in [3.8, 4) is 0 Å². The number of nitrogens with one attached hydrogen (secondary N) is 1. The quantitative estimate of drug-likeness (QED) is 0.857. The molecule has 0 aromatic heterocycles. The lowest BCUT2D eigenvalue weighted by atomic mass is 10.0. The molecule has 1 N–H and O–H groups in total. The van der Waals surface area contributed by atoms with Crippen LogP contribution in [0, 0.1) is 0 Å². The Labute approximate surface area is 128 Å². The lowest BCUT2D eigenvalue weighted by molar-refractivity contribution is -0.118. The summed E-state index contributed by atoms with van der Waals surface area (Å²) in [5.41, 5.74) is 5.91. The summed E-state index contributed by atoms with van der Waals surface area (Å²) in [4.78, 5) is 12.3. The van der Waals surface area contributed by atoms with Crippen molar-refractivity contribution in [3.63, 3.8) is 0 Å². The minimum atomic E-state index is -0.144. The van der Waals surface area contributed by atoms with Gasteiger partial charge in [0, 0.05) is 29.1 Å². The third-order valence-corrected chi connectivity index (χ3v) is 4.70. The zero-order valence-electron chi connectivity index (χ0n) is 11.7. The van der Waals surface area contributed by atoms with Gasteiger partial charge in [0.05, 0.1) is 5.71 Å². The van der Waals surface area contributed by atoms with E-state index in [1.54, 1.807) is 0 Å². The first-order chi connectivity index (χ1) is 10.2. The average Bonchev–Trinajstić information content (AvgIpc) is 2.53. The van der Waals surface area contributed by atoms with E-state index >= 15 is 0 Å². The summed E-state index contributed by atoms with van der Waals surface area (Å²) in [6, 6.07) is 18.6. The minimum absolute atomic E-state index is 0.144. The molecule has 3 nitrogen and oxygen atoms in total. The van der Waals surface area contributed by atoms with Crippen LogP contribution in [0.4, 0.5) is 0 Å². The predicted molar refractivity (Wildman–Crippen MR) is 86.5 cm³/mol. The van der Waals surface area contributed by atoms with Gasteiger partial charge in [-0.25, -0.2) is 5.43 Å². The highest BCUT2D eigenvalue weighted by Crippen LogP contribution is 2.44. The van der Waals surface area contributed by atoms with Gasteiger partial charge in [-0.1, -0.05) is 48.5 Å². The van der Waals surface area contributed by atoms with Gasteiger partial charge in [0.1, 0.15) is 0 Å². The molecule has 3 rings (SSSR count). The fraction of sp³-hybridized carbons (Fsp3) is 0.176. The molecular weight excluding hydrogens is 280 g/mol. The van der Waals surface area contributed by atoms with Crippen molar-refractivity contribution in [1.82, 2.24) is 5.43 Å². The van der Waals surface area contributed by atoms with Gasteiger partial charge in [0.25, 0.3) is 0 Å². The molecule has 1 heterocycles. The fourth-order valence-electron chi connectivity index (χ4n) is 2.39. The van der Waals surface area contributed by atoms with Crippen molar-refractivity contribution in [3.05, 3.63) is 65.7 Å². The van der Waals surface area contributed by atoms with E-state index in [-0.39, 0.29) is 5.91 Å². The third-order valence-electron chi connectivity index (χ3n) is 3.37. The highest BCUT2D eigenvalue weighted by atomic mass is 32.2. The summed E-state index contributed by atoms with van der Waals surface area (Å²) in [5.74, 6) is -0.144. The smallest absolute Gasteiger partial charge is 0.236 e. The van der Waals surface area contributed by atoms with Crippen molar-refractivity contribution in [1.29, 1.82) is 0 Å². The number of amides is 1. The van der Waals surface area contributed by atoms with Gasteiger partial charge in [-0.3, -0.25) is 4.79 Å². The lowest BCUT2D eigenvalue weighted by Gasteiger charge is -2.25. The maximum atomic E-state index is 11.1. The molecule has 1 amide bonds. The second-order valence-corrected chi connectivity index (χ2v) is 6.19. The van der Waals surface area contributed by atoms with Gasteiger partial charge in [0.2, 0.25) is 5.91 Å². The number of hydrogen-bond acceptors (Lipinski definition) is 3. The van der Waals surface area contributed by atoms with Crippen molar-refractivity contribution >= 4 is 23.4 Å². The Hall–Kier alpha value is -2.07. The van der Waals surface area contributed by atoms with Crippen LogP contribution in [0.1, 0.15) is 29.7 Å². The molecule has 1 unspecified atom stereocenters. The largest absolute Gasteiger partial charge is 0.274 e.